The standard InChI is InChI=1S/C34H41ClN2O4/c1-5-40-23-33(4)22-37(19-16-34(33,39)24-10-13-26(35)14-11-24)18-7-9-27-28-8-6-17-36-30(28)21-41-31-15-12-25(20-29(27)31)32(2,3)38/h6,8-15,17,20,38-39H,5,7,16,18-19,21-23H2,1-4H3/b27-9-. The predicted molar refractivity (Wildman–Crippen MR) is 163 cm³/mol. The van der Waals surface area contributed by atoms with E-state index in [9.17, 15) is 10.2 Å². The third kappa shape index (κ3) is 6.08. The fourth-order valence-corrected chi connectivity index (χ4v) is 6.30. The number of aromatic nitrogens is 1. The van der Waals surface area contributed by atoms with Crippen LogP contribution in [-0.2, 0) is 22.5 Å². The van der Waals surface area contributed by atoms with Crippen molar-refractivity contribution in [1.29, 1.82) is 0 Å². The van der Waals surface area contributed by atoms with Crippen LogP contribution in [0.3, 0.4) is 0 Å². The summed E-state index contributed by atoms with van der Waals surface area (Å²) in [6, 6.07) is 17.5. The molecule has 3 heterocycles. The van der Waals surface area contributed by atoms with Gasteiger partial charge >= 0.3 is 0 Å². The van der Waals surface area contributed by atoms with Gasteiger partial charge in [0.15, 0.2) is 0 Å². The zero-order valence-electron chi connectivity index (χ0n) is 24.5. The van der Waals surface area contributed by atoms with Crippen molar-refractivity contribution in [3.05, 3.63) is 99.8 Å². The molecule has 1 aromatic heterocycles. The minimum absolute atomic E-state index is 0.396. The van der Waals surface area contributed by atoms with E-state index in [4.69, 9.17) is 21.1 Å². The van der Waals surface area contributed by atoms with Crippen LogP contribution in [0.1, 0.15) is 68.5 Å². The lowest BCUT2D eigenvalue weighted by Crippen LogP contribution is -2.58. The van der Waals surface area contributed by atoms with E-state index in [-0.39, 0.29) is 0 Å². The minimum atomic E-state index is -1.02. The van der Waals surface area contributed by atoms with Gasteiger partial charge < -0.3 is 24.6 Å². The van der Waals surface area contributed by atoms with Gasteiger partial charge in [0, 0.05) is 54.0 Å². The molecule has 0 aliphatic carbocycles. The molecule has 0 bridgehead atoms. The maximum atomic E-state index is 12.1. The van der Waals surface area contributed by atoms with Gasteiger partial charge in [-0.2, -0.15) is 0 Å². The lowest BCUT2D eigenvalue weighted by atomic mass is 9.65. The molecule has 2 aliphatic rings. The Labute approximate surface area is 248 Å². The monoisotopic (exact) mass is 576 g/mol. The van der Waals surface area contributed by atoms with E-state index in [2.05, 4.69) is 29.0 Å². The first-order valence-corrected chi connectivity index (χ1v) is 14.8. The zero-order chi connectivity index (χ0) is 29.3. The first-order chi connectivity index (χ1) is 19.5. The van der Waals surface area contributed by atoms with Gasteiger partial charge in [0.1, 0.15) is 12.4 Å². The van der Waals surface area contributed by atoms with E-state index in [1.807, 2.05) is 55.5 Å². The number of likely N-dealkylation sites (tertiary alicyclic amines) is 1. The SMILES string of the molecule is CCOCC1(C)CN(CC/C=C2\c3cc(C(C)(C)O)ccc3OCc3ncccc32)CCC1(O)c1ccc(Cl)cc1. The molecule has 0 radical (unpaired) electrons. The van der Waals surface area contributed by atoms with Crippen LogP contribution in [0.25, 0.3) is 5.57 Å². The third-order valence-corrected chi connectivity index (χ3v) is 8.87. The Morgan fingerprint density at radius 2 is 1.93 bits per heavy atom. The van der Waals surface area contributed by atoms with Crippen LogP contribution < -0.4 is 4.74 Å². The van der Waals surface area contributed by atoms with Crippen LogP contribution in [0, 0.1) is 5.41 Å². The highest BCUT2D eigenvalue weighted by Crippen LogP contribution is 2.47. The fourth-order valence-electron chi connectivity index (χ4n) is 6.17. The molecule has 2 aliphatic heterocycles. The average Bonchev–Trinajstić information content (AvgIpc) is 3.10. The second-order valence-electron chi connectivity index (χ2n) is 12.1. The predicted octanol–water partition coefficient (Wildman–Crippen LogP) is 6.31. The lowest BCUT2D eigenvalue weighted by Gasteiger charge is -2.52. The van der Waals surface area contributed by atoms with Crippen molar-refractivity contribution < 1.29 is 19.7 Å². The van der Waals surface area contributed by atoms with Crippen LogP contribution in [0.5, 0.6) is 5.75 Å². The second-order valence-corrected chi connectivity index (χ2v) is 12.5. The Kier molecular flexibility index (Phi) is 8.61. The first kappa shape index (κ1) is 29.7. The van der Waals surface area contributed by atoms with Gasteiger partial charge in [-0.05, 0) is 80.6 Å². The van der Waals surface area contributed by atoms with Gasteiger partial charge in [-0.15, -0.1) is 0 Å². The van der Waals surface area contributed by atoms with Crippen molar-refractivity contribution in [3.63, 3.8) is 0 Å². The molecular formula is C34H41ClN2O4. The summed E-state index contributed by atoms with van der Waals surface area (Å²) in [5, 5.41) is 23.4. The van der Waals surface area contributed by atoms with Crippen molar-refractivity contribution >= 4 is 17.2 Å². The Morgan fingerprint density at radius 3 is 2.66 bits per heavy atom. The molecule has 0 amide bonds. The Hall–Kier alpha value is -2.74. The molecule has 7 heteroatoms. The Bertz CT molecular complexity index is 1400. The number of hydrogen-bond acceptors (Lipinski definition) is 6. The molecule has 1 saturated heterocycles. The van der Waals surface area contributed by atoms with Gasteiger partial charge in [0.25, 0.3) is 0 Å². The number of ether oxygens (including phenoxy) is 2. The first-order valence-electron chi connectivity index (χ1n) is 14.5. The normalized spacial score (nSPS) is 23.9. The molecule has 2 atom stereocenters. The maximum absolute atomic E-state index is 12.1. The number of aliphatic hydroxyl groups is 2. The molecule has 0 spiro atoms. The molecule has 2 N–H and O–H groups in total. The van der Waals surface area contributed by atoms with Crippen LogP contribution >= 0.6 is 11.6 Å². The van der Waals surface area contributed by atoms with E-state index in [0.717, 1.165) is 58.8 Å². The van der Waals surface area contributed by atoms with E-state index < -0.39 is 16.6 Å². The van der Waals surface area contributed by atoms with Gasteiger partial charge in [-0.1, -0.05) is 48.9 Å². The fraction of sp³-hybridized carbons (Fsp3) is 0.441. The molecule has 1 fully saturated rings. The van der Waals surface area contributed by atoms with Crippen molar-refractivity contribution in [2.75, 3.05) is 32.8 Å². The van der Waals surface area contributed by atoms with Crippen LogP contribution in [-0.4, -0.2) is 52.9 Å². The van der Waals surface area contributed by atoms with Gasteiger partial charge in [-0.25, -0.2) is 0 Å². The zero-order valence-corrected chi connectivity index (χ0v) is 25.2. The highest BCUT2D eigenvalue weighted by molar-refractivity contribution is 6.30. The van der Waals surface area contributed by atoms with Crippen LogP contribution in [0.4, 0.5) is 0 Å². The summed E-state index contributed by atoms with van der Waals surface area (Å²) in [6.07, 6.45) is 5.47. The highest BCUT2D eigenvalue weighted by atomic mass is 35.5. The molecule has 218 valence electrons. The Balaban J connectivity index is 1.41. The number of halogens is 1. The quantitative estimate of drug-likeness (QED) is 0.327. The highest BCUT2D eigenvalue weighted by Gasteiger charge is 2.51. The molecule has 41 heavy (non-hydrogen) atoms. The second kappa shape index (κ2) is 11.9. The van der Waals surface area contributed by atoms with Crippen LogP contribution in [0.15, 0.2) is 66.9 Å². The summed E-state index contributed by atoms with van der Waals surface area (Å²) in [5.41, 5.74) is 3.22. The number of nitrogens with zero attached hydrogens (tertiary/aromatic N) is 2. The molecule has 0 saturated carbocycles. The molecule has 2 unspecified atom stereocenters. The summed E-state index contributed by atoms with van der Waals surface area (Å²) in [7, 11) is 0. The number of piperidine rings is 1. The smallest absolute Gasteiger partial charge is 0.131 e. The number of pyridine rings is 1. The van der Waals surface area contributed by atoms with Gasteiger partial charge in [0.05, 0.1) is 23.5 Å². The lowest BCUT2D eigenvalue weighted by molar-refractivity contribution is -0.160. The van der Waals surface area contributed by atoms with E-state index >= 15 is 0 Å². The van der Waals surface area contributed by atoms with Gasteiger partial charge in [0.2, 0.25) is 0 Å². The number of benzene rings is 2. The topological polar surface area (TPSA) is 75.1 Å². The number of rotatable bonds is 8. The van der Waals surface area contributed by atoms with E-state index in [0.29, 0.717) is 37.8 Å². The Morgan fingerprint density at radius 1 is 1.15 bits per heavy atom. The summed E-state index contributed by atoms with van der Waals surface area (Å²) in [4.78, 5) is 7.03. The minimum Gasteiger partial charge on any atom is -0.487 e. The molecule has 2 aromatic carbocycles. The van der Waals surface area contributed by atoms with E-state index in [1.165, 1.54) is 0 Å². The van der Waals surface area contributed by atoms with Crippen molar-refractivity contribution in [2.45, 2.75) is 58.3 Å². The average molecular weight is 577 g/mol. The van der Waals surface area contributed by atoms with Crippen molar-refractivity contribution in [3.8, 4) is 5.75 Å². The molecule has 6 nitrogen and oxygen atoms in total. The van der Waals surface area contributed by atoms with E-state index in [1.54, 1.807) is 20.0 Å². The number of hydrogen-bond donors (Lipinski definition) is 2. The van der Waals surface area contributed by atoms with Crippen molar-refractivity contribution in [2.24, 2.45) is 5.41 Å². The van der Waals surface area contributed by atoms with Crippen LogP contribution in [0.2, 0.25) is 5.02 Å². The molecular weight excluding hydrogens is 536 g/mol. The number of fused-ring (bicyclic) bond motifs is 2. The summed E-state index contributed by atoms with van der Waals surface area (Å²) < 4.78 is 12.1. The largest absolute Gasteiger partial charge is 0.487 e. The molecule has 3 aromatic rings. The van der Waals surface area contributed by atoms with Gasteiger partial charge in [-0.3, -0.25) is 4.98 Å². The summed E-state index contributed by atoms with van der Waals surface area (Å²) in [6.45, 7) is 11.5. The summed E-state index contributed by atoms with van der Waals surface area (Å²) in [5.74, 6) is 0.789. The third-order valence-electron chi connectivity index (χ3n) is 8.62. The maximum Gasteiger partial charge on any atom is 0.131 e. The summed E-state index contributed by atoms with van der Waals surface area (Å²) >= 11 is 6.16. The molecule has 5 rings (SSSR count). The van der Waals surface area contributed by atoms with Crippen molar-refractivity contribution in [1.82, 2.24) is 9.88 Å².